The number of nitrogens with two attached hydrogens (primary N) is 1. The lowest BCUT2D eigenvalue weighted by Crippen LogP contribution is -2.44. The van der Waals surface area contributed by atoms with E-state index in [1.807, 2.05) is 51.1 Å². The van der Waals surface area contributed by atoms with Gasteiger partial charge in [-0.15, -0.1) is 0 Å². The minimum Gasteiger partial charge on any atom is -0.369 e. The minimum atomic E-state index is -3.90. The molecule has 2 rings (SSSR count). The van der Waals surface area contributed by atoms with E-state index in [9.17, 15) is 21.6 Å². The second kappa shape index (κ2) is 14.8. The topological polar surface area (TPSA) is 87.2 Å². The first-order valence-electron chi connectivity index (χ1n) is 11.7. The number of nitrogens with one attached hydrogen (secondary N) is 1. The van der Waals surface area contributed by atoms with Crippen LogP contribution in [0.4, 0.5) is 13.2 Å². The van der Waals surface area contributed by atoms with Crippen LogP contribution in [0.2, 0.25) is 0 Å². The Morgan fingerprint density at radius 2 is 1.71 bits per heavy atom. The smallest absolute Gasteiger partial charge is 0.240 e. The zero-order chi connectivity index (χ0) is 27.4. The van der Waals surface area contributed by atoms with Crippen molar-refractivity contribution in [1.29, 1.82) is 5.41 Å². The van der Waals surface area contributed by atoms with Gasteiger partial charge in [-0.1, -0.05) is 64.1 Å². The highest BCUT2D eigenvalue weighted by Gasteiger charge is 2.33. The first kappa shape index (κ1) is 32.5. The Labute approximate surface area is 209 Å². The molecule has 2 unspecified atom stereocenters. The summed E-state index contributed by atoms with van der Waals surface area (Å²) < 4.78 is 66.4. The van der Waals surface area contributed by atoms with Gasteiger partial charge in [0.05, 0.1) is 5.25 Å². The van der Waals surface area contributed by atoms with Gasteiger partial charge in [-0.3, -0.25) is 5.41 Å². The van der Waals surface area contributed by atoms with Crippen molar-refractivity contribution in [3.8, 4) is 0 Å². The molecule has 1 aliphatic rings. The molecule has 0 heterocycles. The van der Waals surface area contributed by atoms with Crippen LogP contribution in [0.25, 0.3) is 0 Å². The average molecular weight is 516 g/mol. The Morgan fingerprint density at radius 3 is 2.20 bits per heavy atom. The van der Waals surface area contributed by atoms with E-state index < -0.39 is 44.5 Å². The highest BCUT2D eigenvalue weighted by Crippen LogP contribution is 2.30. The number of nitrogens with zero attached hydrogens (tertiary/aromatic N) is 1. The van der Waals surface area contributed by atoms with Crippen molar-refractivity contribution in [3.63, 3.8) is 0 Å². The van der Waals surface area contributed by atoms with E-state index in [1.54, 1.807) is 13.8 Å². The summed E-state index contributed by atoms with van der Waals surface area (Å²) in [5.74, 6) is -2.27. The standard InChI is InChI=1S/C14H21F2N3O2S.C10H13F.C2H6/c1-9(10(2)22(20,21)19(3)14(17)18)12-8-7-11(15)5-4-6-13(12)16;1-3-10(2,11)9-7-5-4-6-8-9;1-2/h5,7-10H,4,6H2,1-3H3,(H3,17,18);4-8H,3H2,1-2H3;1-2H3/b8-7?,11-5?,13-12-;;/t9?,10-;;/m1../s1. The van der Waals surface area contributed by atoms with Crippen LogP contribution in [0.5, 0.6) is 0 Å². The van der Waals surface area contributed by atoms with Crippen LogP contribution >= 0.6 is 0 Å². The Bertz CT molecular complexity index is 1000. The summed E-state index contributed by atoms with van der Waals surface area (Å²) in [6.45, 7) is 10.4. The molecule has 198 valence electrons. The Balaban J connectivity index is 0.000000742. The fourth-order valence-corrected chi connectivity index (χ4v) is 4.53. The monoisotopic (exact) mass is 515 g/mol. The molecule has 1 aliphatic carbocycles. The number of halogens is 3. The van der Waals surface area contributed by atoms with E-state index in [2.05, 4.69) is 0 Å². The molecule has 0 saturated heterocycles. The van der Waals surface area contributed by atoms with Crippen LogP contribution in [0.1, 0.15) is 66.4 Å². The molecule has 1 aromatic rings. The molecular weight excluding hydrogens is 475 g/mol. The summed E-state index contributed by atoms with van der Waals surface area (Å²) in [6.07, 6.45) is 4.43. The number of hydrogen-bond acceptors (Lipinski definition) is 3. The molecule has 0 aromatic heterocycles. The third-order valence-electron chi connectivity index (χ3n) is 5.86. The lowest BCUT2D eigenvalue weighted by molar-refractivity contribution is 0.185. The van der Waals surface area contributed by atoms with E-state index in [0.29, 0.717) is 10.7 Å². The molecule has 3 N–H and O–H groups in total. The quantitative estimate of drug-likeness (QED) is 0.319. The molecule has 0 spiro atoms. The van der Waals surface area contributed by atoms with Crippen molar-refractivity contribution in [3.05, 3.63) is 71.4 Å². The third kappa shape index (κ3) is 9.55. The van der Waals surface area contributed by atoms with E-state index in [4.69, 9.17) is 11.1 Å². The van der Waals surface area contributed by atoms with Gasteiger partial charge in [0.2, 0.25) is 16.0 Å². The second-order valence-electron chi connectivity index (χ2n) is 8.13. The van der Waals surface area contributed by atoms with Gasteiger partial charge in [-0.2, -0.15) is 0 Å². The lowest BCUT2D eigenvalue weighted by Gasteiger charge is -2.27. The number of sulfonamides is 1. The van der Waals surface area contributed by atoms with Crippen molar-refractivity contribution in [2.24, 2.45) is 11.7 Å². The molecule has 9 heteroatoms. The van der Waals surface area contributed by atoms with Crippen molar-refractivity contribution >= 4 is 16.0 Å². The Kier molecular flexibility index (Phi) is 13.7. The predicted octanol–water partition coefficient (Wildman–Crippen LogP) is 6.90. The summed E-state index contributed by atoms with van der Waals surface area (Å²) in [5.41, 5.74) is 4.95. The molecule has 3 atom stereocenters. The van der Waals surface area contributed by atoms with Crippen LogP contribution in [-0.2, 0) is 15.7 Å². The number of allylic oxidation sites excluding steroid dienone is 6. The molecule has 35 heavy (non-hydrogen) atoms. The lowest BCUT2D eigenvalue weighted by atomic mass is 9.94. The zero-order valence-corrected chi connectivity index (χ0v) is 22.6. The van der Waals surface area contributed by atoms with E-state index in [-0.39, 0.29) is 18.4 Å². The molecule has 0 amide bonds. The molecule has 0 aliphatic heterocycles. The summed E-state index contributed by atoms with van der Waals surface area (Å²) in [4.78, 5) is 0. The van der Waals surface area contributed by atoms with E-state index in [1.165, 1.54) is 26.1 Å². The largest absolute Gasteiger partial charge is 0.369 e. The summed E-state index contributed by atoms with van der Waals surface area (Å²) in [7, 11) is -2.74. The highest BCUT2D eigenvalue weighted by atomic mass is 32.2. The molecule has 0 radical (unpaired) electrons. The van der Waals surface area contributed by atoms with Gasteiger partial charge < -0.3 is 5.73 Å². The van der Waals surface area contributed by atoms with Crippen LogP contribution < -0.4 is 5.73 Å². The Morgan fingerprint density at radius 1 is 1.17 bits per heavy atom. The van der Waals surface area contributed by atoms with Gasteiger partial charge in [-0.05, 0) is 50.0 Å². The average Bonchev–Trinajstić information content (AvgIpc) is 2.84. The normalized spacial score (nSPS) is 19.2. The maximum absolute atomic E-state index is 14.2. The summed E-state index contributed by atoms with van der Waals surface area (Å²) >= 11 is 0. The molecule has 0 saturated carbocycles. The van der Waals surface area contributed by atoms with Crippen LogP contribution in [0.15, 0.2) is 65.8 Å². The van der Waals surface area contributed by atoms with Gasteiger partial charge >= 0.3 is 0 Å². The van der Waals surface area contributed by atoms with Crippen molar-refractivity contribution in [2.75, 3.05) is 7.05 Å². The SMILES string of the molecule is CC.CC(/C1=C(\F)CCC=C(F)C=C1)[C@@H](C)S(=O)(=O)N(C)C(=N)N.CCC(C)(F)c1ccccc1. The number of rotatable bonds is 6. The summed E-state index contributed by atoms with van der Waals surface area (Å²) in [5, 5.41) is 6.22. The van der Waals surface area contributed by atoms with Gasteiger partial charge in [-0.25, -0.2) is 25.9 Å². The fraction of sp³-hybridized carbons (Fsp3) is 0.500. The molecule has 0 fully saturated rings. The third-order valence-corrected chi connectivity index (χ3v) is 8.17. The van der Waals surface area contributed by atoms with E-state index >= 15 is 0 Å². The minimum absolute atomic E-state index is 0.0206. The van der Waals surface area contributed by atoms with Gasteiger partial charge in [0, 0.05) is 19.4 Å². The number of hydrogen-bond donors (Lipinski definition) is 2. The maximum atomic E-state index is 14.2. The molecule has 1 aromatic carbocycles. The molecular formula is C26H40F3N3O2S. The number of benzene rings is 1. The number of alkyl halides is 1. The van der Waals surface area contributed by atoms with Gasteiger partial charge in [0.15, 0.2) is 0 Å². The predicted molar refractivity (Wildman–Crippen MR) is 139 cm³/mol. The van der Waals surface area contributed by atoms with E-state index in [0.717, 1.165) is 11.6 Å². The van der Waals surface area contributed by atoms with Gasteiger partial charge in [0.25, 0.3) is 0 Å². The van der Waals surface area contributed by atoms with Crippen LogP contribution in [0, 0.1) is 11.3 Å². The number of guanidine groups is 1. The van der Waals surface area contributed by atoms with Crippen LogP contribution in [0.3, 0.4) is 0 Å². The second-order valence-corrected chi connectivity index (χ2v) is 10.5. The maximum Gasteiger partial charge on any atom is 0.240 e. The van der Waals surface area contributed by atoms with Crippen molar-refractivity contribution < 1.29 is 21.6 Å². The summed E-state index contributed by atoms with van der Waals surface area (Å²) in [6, 6.07) is 9.27. The first-order valence-corrected chi connectivity index (χ1v) is 13.2. The first-order chi connectivity index (χ1) is 16.3. The zero-order valence-electron chi connectivity index (χ0n) is 21.8. The fourth-order valence-electron chi connectivity index (χ4n) is 3.09. The highest BCUT2D eigenvalue weighted by molar-refractivity contribution is 7.90. The van der Waals surface area contributed by atoms with Crippen molar-refractivity contribution in [1.82, 2.24) is 4.31 Å². The van der Waals surface area contributed by atoms with Gasteiger partial charge in [0.1, 0.15) is 17.3 Å². The Hall–Kier alpha value is -2.55. The van der Waals surface area contributed by atoms with Crippen LogP contribution in [-0.4, -0.2) is 31.0 Å². The van der Waals surface area contributed by atoms with Crippen molar-refractivity contribution in [2.45, 2.75) is 71.7 Å². The molecule has 0 bridgehead atoms. The molecule has 5 nitrogen and oxygen atoms in total.